The lowest BCUT2D eigenvalue weighted by Gasteiger charge is -2.12. The molecule has 2 rings (SSSR count). The maximum absolute atomic E-state index is 13.6. The molecule has 0 aliphatic heterocycles. The maximum Gasteiger partial charge on any atom is 0.264 e. The lowest BCUT2D eigenvalue weighted by Crippen LogP contribution is -2.17. The van der Waals surface area contributed by atoms with E-state index < -0.39 is 38.1 Å². The number of hydrogen-bond donors (Lipinski definition) is 2. The van der Waals surface area contributed by atoms with E-state index in [9.17, 15) is 21.6 Å². The normalized spacial score (nSPS) is 11.4. The molecule has 4 nitrogen and oxygen atoms in total. The summed E-state index contributed by atoms with van der Waals surface area (Å²) in [5.74, 6) is -3.10. The minimum absolute atomic E-state index is 0.103. The first-order chi connectivity index (χ1) is 9.70. The minimum Gasteiger partial charge on any atom is -0.398 e. The van der Waals surface area contributed by atoms with E-state index in [-0.39, 0.29) is 10.2 Å². The Morgan fingerprint density at radius 1 is 1.05 bits per heavy atom. The highest BCUT2D eigenvalue weighted by molar-refractivity contribution is 9.10. The van der Waals surface area contributed by atoms with Crippen molar-refractivity contribution in [1.29, 1.82) is 0 Å². The fourth-order valence-electron chi connectivity index (χ4n) is 1.57. The number of nitrogens with two attached hydrogens (primary N) is 1. The van der Waals surface area contributed by atoms with Crippen molar-refractivity contribution in [2.75, 3.05) is 10.5 Å². The first kappa shape index (κ1) is 15.6. The molecule has 0 spiro atoms. The zero-order chi connectivity index (χ0) is 15.8. The van der Waals surface area contributed by atoms with Crippen LogP contribution in [-0.4, -0.2) is 8.42 Å². The third-order valence-electron chi connectivity index (χ3n) is 2.51. The van der Waals surface area contributed by atoms with Gasteiger partial charge in [0.25, 0.3) is 10.0 Å². The van der Waals surface area contributed by atoms with Crippen LogP contribution in [0.4, 0.5) is 24.5 Å². The highest BCUT2D eigenvalue weighted by Crippen LogP contribution is 2.28. The van der Waals surface area contributed by atoms with E-state index in [1.165, 1.54) is 0 Å². The Morgan fingerprint density at radius 2 is 1.62 bits per heavy atom. The van der Waals surface area contributed by atoms with Crippen LogP contribution >= 0.6 is 15.9 Å². The Hall–Kier alpha value is -1.74. The number of nitrogens with one attached hydrogen (secondary N) is 1. The second-order valence-electron chi connectivity index (χ2n) is 4.03. The molecule has 112 valence electrons. The fraction of sp³-hybridized carbons (Fsp3) is 0. The molecule has 0 atom stereocenters. The Kier molecular flexibility index (Phi) is 4.15. The van der Waals surface area contributed by atoms with Gasteiger partial charge < -0.3 is 5.73 Å². The van der Waals surface area contributed by atoms with E-state index in [1.807, 2.05) is 0 Å². The van der Waals surface area contributed by atoms with Gasteiger partial charge in [-0.3, -0.25) is 4.72 Å². The average molecular weight is 381 g/mol. The lowest BCUT2D eigenvalue weighted by atomic mass is 10.3. The van der Waals surface area contributed by atoms with Crippen molar-refractivity contribution in [2.24, 2.45) is 0 Å². The second-order valence-corrected chi connectivity index (χ2v) is 6.60. The van der Waals surface area contributed by atoms with Gasteiger partial charge in [0.1, 0.15) is 16.4 Å². The van der Waals surface area contributed by atoms with E-state index in [2.05, 4.69) is 15.9 Å². The smallest absolute Gasteiger partial charge is 0.264 e. The van der Waals surface area contributed by atoms with Gasteiger partial charge in [-0.2, -0.15) is 0 Å². The minimum atomic E-state index is -4.43. The number of rotatable bonds is 3. The van der Waals surface area contributed by atoms with Crippen LogP contribution in [0, 0.1) is 17.5 Å². The number of benzene rings is 2. The van der Waals surface area contributed by atoms with Gasteiger partial charge in [0.2, 0.25) is 0 Å². The number of anilines is 2. The fourth-order valence-corrected chi connectivity index (χ4v) is 3.19. The Morgan fingerprint density at radius 3 is 2.19 bits per heavy atom. The van der Waals surface area contributed by atoms with E-state index in [4.69, 9.17) is 5.73 Å². The summed E-state index contributed by atoms with van der Waals surface area (Å²) in [6.45, 7) is 0. The van der Waals surface area contributed by atoms with Crippen molar-refractivity contribution in [1.82, 2.24) is 0 Å². The number of hydrogen-bond acceptors (Lipinski definition) is 3. The molecule has 3 N–H and O–H groups in total. The van der Waals surface area contributed by atoms with Gasteiger partial charge in [-0.05, 0) is 30.3 Å². The third-order valence-corrected chi connectivity index (χ3v) is 4.37. The zero-order valence-electron chi connectivity index (χ0n) is 10.2. The van der Waals surface area contributed by atoms with E-state index in [0.29, 0.717) is 6.07 Å². The van der Waals surface area contributed by atoms with Crippen molar-refractivity contribution in [2.45, 2.75) is 4.90 Å². The molecule has 9 heteroatoms. The Bertz CT molecular complexity index is 789. The number of halogens is 4. The van der Waals surface area contributed by atoms with Crippen LogP contribution in [0.3, 0.4) is 0 Å². The van der Waals surface area contributed by atoms with Crippen LogP contribution in [-0.2, 0) is 10.0 Å². The summed E-state index contributed by atoms with van der Waals surface area (Å²) in [4.78, 5) is -0.607. The summed E-state index contributed by atoms with van der Waals surface area (Å²) < 4.78 is 66.3. The zero-order valence-corrected chi connectivity index (χ0v) is 12.6. The first-order valence-corrected chi connectivity index (χ1v) is 7.71. The Balaban J connectivity index is 2.50. The van der Waals surface area contributed by atoms with Crippen molar-refractivity contribution < 1.29 is 21.6 Å². The predicted octanol–water partition coefficient (Wildman–Crippen LogP) is 3.25. The average Bonchev–Trinajstić information content (AvgIpc) is 2.36. The first-order valence-electron chi connectivity index (χ1n) is 5.43. The van der Waals surface area contributed by atoms with Crippen LogP contribution in [0.2, 0.25) is 0 Å². The molecule has 0 amide bonds. The molecule has 0 aliphatic rings. The molecule has 0 fully saturated rings. The highest BCUT2D eigenvalue weighted by Gasteiger charge is 2.22. The van der Waals surface area contributed by atoms with Crippen LogP contribution < -0.4 is 10.5 Å². The van der Waals surface area contributed by atoms with Crippen molar-refractivity contribution >= 4 is 37.3 Å². The quantitative estimate of drug-likeness (QED) is 0.802. The van der Waals surface area contributed by atoms with Crippen molar-refractivity contribution in [3.05, 3.63) is 52.3 Å². The molecule has 2 aromatic rings. The van der Waals surface area contributed by atoms with Gasteiger partial charge in [0.15, 0.2) is 11.6 Å². The SMILES string of the molecule is Nc1ccc(F)cc1S(=O)(=O)Nc1c(F)cc(Br)cc1F. The molecule has 21 heavy (non-hydrogen) atoms. The van der Waals surface area contributed by atoms with Gasteiger partial charge in [-0.25, -0.2) is 21.6 Å². The molecule has 0 radical (unpaired) electrons. The third kappa shape index (κ3) is 3.30. The van der Waals surface area contributed by atoms with Crippen LogP contribution in [0.1, 0.15) is 0 Å². The predicted molar refractivity (Wildman–Crippen MR) is 75.7 cm³/mol. The summed E-state index contributed by atoms with van der Waals surface area (Å²) in [7, 11) is -4.43. The molecular formula is C12H8BrF3N2O2S. The molecule has 0 aliphatic carbocycles. The molecule has 0 saturated heterocycles. The van der Waals surface area contributed by atoms with Gasteiger partial charge in [0, 0.05) is 4.47 Å². The van der Waals surface area contributed by atoms with Gasteiger partial charge >= 0.3 is 0 Å². The summed E-state index contributed by atoms with van der Waals surface area (Å²) in [6, 6.07) is 4.44. The molecule has 2 aromatic carbocycles. The lowest BCUT2D eigenvalue weighted by molar-refractivity contribution is 0.581. The number of sulfonamides is 1. The van der Waals surface area contributed by atoms with Crippen molar-refractivity contribution in [3.8, 4) is 0 Å². The molecule has 0 bridgehead atoms. The highest BCUT2D eigenvalue weighted by atomic mass is 79.9. The van der Waals surface area contributed by atoms with Crippen LogP contribution in [0.15, 0.2) is 39.7 Å². The molecular weight excluding hydrogens is 373 g/mol. The summed E-state index contributed by atoms with van der Waals surface area (Å²) in [5, 5.41) is 0. The number of nitrogen functional groups attached to an aromatic ring is 1. The van der Waals surface area contributed by atoms with E-state index in [0.717, 1.165) is 24.3 Å². The van der Waals surface area contributed by atoms with Crippen LogP contribution in [0.5, 0.6) is 0 Å². The van der Waals surface area contributed by atoms with E-state index in [1.54, 1.807) is 4.72 Å². The van der Waals surface area contributed by atoms with Crippen LogP contribution in [0.25, 0.3) is 0 Å². The molecule has 0 unspecified atom stereocenters. The van der Waals surface area contributed by atoms with Gasteiger partial charge in [-0.1, -0.05) is 15.9 Å². The van der Waals surface area contributed by atoms with E-state index >= 15 is 0 Å². The summed E-state index contributed by atoms with van der Waals surface area (Å²) >= 11 is 2.87. The topological polar surface area (TPSA) is 72.2 Å². The standard InChI is InChI=1S/C12H8BrF3N2O2S/c13-6-3-8(15)12(9(16)4-6)18-21(19,20)11-5-7(14)1-2-10(11)17/h1-5,18H,17H2. The molecule has 0 aromatic heterocycles. The maximum atomic E-state index is 13.6. The largest absolute Gasteiger partial charge is 0.398 e. The Labute approximate surface area is 127 Å². The van der Waals surface area contributed by atoms with Gasteiger partial charge in [0.05, 0.1) is 5.69 Å². The summed E-state index contributed by atoms with van der Waals surface area (Å²) in [5.41, 5.74) is 4.33. The second kappa shape index (κ2) is 5.57. The van der Waals surface area contributed by atoms with Gasteiger partial charge in [-0.15, -0.1) is 0 Å². The molecule has 0 saturated carbocycles. The summed E-state index contributed by atoms with van der Waals surface area (Å²) in [6.07, 6.45) is 0. The molecule has 0 heterocycles. The van der Waals surface area contributed by atoms with Crippen molar-refractivity contribution in [3.63, 3.8) is 0 Å². The monoisotopic (exact) mass is 380 g/mol.